The highest BCUT2D eigenvalue weighted by Crippen LogP contribution is 2.47. The second-order valence-corrected chi connectivity index (χ2v) is 16.0. The molecule has 1 nitrogen and oxygen atoms in total. The minimum Gasteiger partial charge on any atom is -0.309 e. The summed E-state index contributed by atoms with van der Waals surface area (Å²) < 4.78 is 2.47. The van der Waals surface area contributed by atoms with Gasteiger partial charge in [0.15, 0.2) is 0 Å². The van der Waals surface area contributed by atoms with E-state index < -0.39 is 15.8 Å². The minimum atomic E-state index is -0.834. The van der Waals surface area contributed by atoms with Gasteiger partial charge < -0.3 is 4.57 Å². The fourth-order valence-corrected chi connectivity index (χ4v) is 12.3. The van der Waals surface area contributed by atoms with E-state index in [1.807, 2.05) is 0 Å². The molecular formula is C42H33NP2. The standard InChI is InChI=1S/C42H33NP2/c1-6-18-32(19-7-1)43-39-29-17-16-28-37(39)38-30-41(44(33-20-8-2-9-21-33)34-22-10-3-11-23-34)42(31-40(38)43)45(35-24-12-4-13-25-35)36-26-14-5-15-27-36/h1-22,24-31,34H,23H2. The Hall–Kier alpha value is -4.54. The molecule has 45 heavy (non-hydrogen) atoms. The number of para-hydroxylation sites is 2. The predicted molar refractivity (Wildman–Crippen MR) is 199 cm³/mol. The molecule has 0 saturated heterocycles. The van der Waals surface area contributed by atoms with Gasteiger partial charge in [0.1, 0.15) is 0 Å². The molecule has 0 bridgehead atoms. The first-order chi connectivity index (χ1) is 22.4. The molecule has 1 heterocycles. The summed E-state index contributed by atoms with van der Waals surface area (Å²) in [5.41, 5.74) is 4.13. The van der Waals surface area contributed by atoms with Crippen molar-refractivity contribution >= 4 is 64.2 Å². The zero-order chi connectivity index (χ0) is 30.0. The van der Waals surface area contributed by atoms with E-state index >= 15 is 0 Å². The predicted octanol–water partition coefficient (Wildman–Crippen LogP) is 8.86. The van der Waals surface area contributed by atoms with Gasteiger partial charge in [0.25, 0.3) is 0 Å². The Bertz CT molecular complexity index is 2090. The molecule has 0 N–H and O–H groups in total. The largest absolute Gasteiger partial charge is 0.309 e. The zero-order valence-electron chi connectivity index (χ0n) is 24.9. The van der Waals surface area contributed by atoms with Crippen LogP contribution >= 0.6 is 15.8 Å². The maximum absolute atomic E-state index is 2.58. The minimum absolute atomic E-state index is 0.425. The van der Waals surface area contributed by atoms with Crippen LogP contribution in [0.5, 0.6) is 0 Å². The van der Waals surface area contributed by atoms with Crippen LogP contribution in [0.15, 0.2) is 182 Å². The monoisotopic (exact) mass is 613 g/mol. The summed E-state index contributed by atoms with van der Waals surface area (Å²) in [6.07, 6.45) is 10.3. The topological polar surface area (TPSA) is 4.93 Å². The molecule has 0 saturated carbocycles. The van der Waals surface area contributed by atoms with Crippen LogP contribution in [-0.2, 0) is 0 Å². The van der Waals surface area contributed by atoms with Crippen LogP contribution in [-0.4, -0.2) is 10.2 Å². The summed E-state index contributed by atoms with van der Waals surface area (Å²) in [5.74, 6) is 0. The van der Waals surface area contributed by atoms with Gasteiger partial charge in [-0.2, -0.15) is 0 Å². The molecule has 0 amide bonds. The normalized spacial score (nSPS) is 15.2. The SMILES string of the molecule is C1=CCC(P(c2ccccc2)c2cc3c4ccccc4n(-c4ccccc4)c3cc2P(c2ccccc2)c2ccccc2)C=C1. The van der Waals surface area contributed by atoms with Crippen molar-refractivity contribution in [2.75, 3.05) is 0 Å². The first-order valence-electron chi connectivity index (χ1n) is 15.6. The highest BCUT2D eigenvalue weighted by molar-refractivity contribution is 7.83. The number of allylic oxidation sites excluding steroid dienone is 4. The van der Waals surface area contributed by atoms with Gasteiger partial charge in [-0.15, -0.1) is 0 Å². The zero-order valence-corrected chi connectivity index (χ0v) is 26.7. The highest BCUT2D eigenvalue weighted by Gasteiger charge is 2.30. The number of fused-ring (bicyclic) bond motifs is 3. The Kier molecular flexibility index (Phi) is 7.74. The van der Waals surface area contributed by atoms with Gasteiger partial charge in [-0.25, -0.2) is 0 Å². The second-order valence-electron chi connectivity index (χ2n) is 11.4. The number of aromatic nitrogens is 1. The number of hydrogen-bond acceptors (Lipinski definition) is 0. The van der Waals surface area contributed by atoms with Crippen molar-refractivity contribution in [2.24, 2.45) is 0 Å². The van der Waals surface area contributed by atoms with E-state index in [1.165, 1.54) is 54.0 Å². The first-order valence-corrected chi connectivity index (χ1v) is 18.3. The van der Waals surface area contributed by atoms with Gasteiger partial charge in [-0.05, 0) is 79.1 Å². The van der Waals surface area contributed by atoms with Crippen LogP contribution in [0.2, 0.25) is 0 Å². The average Bonchev–Trinajstić information content (AvgIpc) is 3.44. The fraction of sp³-hybridized carbons (Fsp3) is 0.0476. The van der Waals surface area contributed by atoms with Crippen LogP contribution in [0.25, 0.3) is 27.5 Å². The molecule has 0 radical (unpaired) electrons. The van der Waals surface area contributed by atoms with E-state index in [0.29, 0.717) is 5.66 Å². The molecule has 1 aromatic heterocycles. The van der Waals surface area contributed by atoms with Crippen LogP contribution < -0.4 is 26.5 Å². The fourth-order valence-electron chi connectivity index (χ4n) is 6.66. The summed E-state index contributed by atoms with van der Waals surface area (Å²) in [6.45, 7) is 0. The Morgan fingerprint density at radius 1 is 0.489 bits per heavy atom. The van der Waals surface area contributed by atoms with Crippen molar-refractivity contribution < 1.29 is 0 Å². The molecule has 0 fully saturated rings. The van der Waals surface area contributed by atoms with Gasteiger partial charge in [-0.3, -0.25) is 0 Å². The third-order valence-corrected chi connectivity index (χ3v) is 14.1. The lowest BCUT2D eigenvalue weighted by atomic mass is 10.1. The molecule has 3 heteroatoms. The summed E-state index contributed by atoms with van der Waals surface area (Å²) in [7, 11) is -1.54. The molecule has 8 rings (SSSR count). The maximum atomic E-state index is 2.58. The molecule has 0 spiro atoms. The smallest absolute Gasteiger partial charge is 0.0548 e. The summed E-state index contributed by atoms with van der Waals surface area (Å²) in [5, 5.41) is 9.75. The van der Waals surface area contributed by atoms with E-state index in [2.05, 4.69) is 187 Å². The molecule has 6 aromatic carbocycles. The average molecular weight is 614 g/mol. The Balaban J connectivity index is 1.51. The maximum Gasteiger partial charge on any atom is 0.0548 e. The lowest BCUT2D eigenvalue weighted by Crippen LogP contribution is -2.34. The molecule has 216 valence electrons. The summed E-state index contributed by atoms with van der Waals surface area (Å²) in [6, 6.07) is 58.5. The Morgan fingerprint density at radius 3 is 1.69 bits per heavy atom. The lowest BCUT2D eigenvalue weighted by molar-refractivity contribution is 1.05. The van der Waals surface area contributed by atoms with Crippen molar-refractivity contribution in [1.82, 2.24) is 4.57 Å². The van der Waals surface area contributed by atoms with Gasteiger partial charge in [0.05, 0.1) is 11.0 Å². The van der Waals surface area contributed by atoms with Crippen LogP contribution in [0.4, 0.5) is 0 Å². The summed E-state index contributed by atoms with van der Waals surface area (Å²) >= 11 is 0. The summed E-state index contributed by atoms with van der Waals surface area (Å²) in [4.78, 5) is 0. The molecule has 2 unspecified atom stereocenters. The Labute approximate surface area is 267 Å². The molecule has 7 aromatic rings. The van der Waals surface area contributed by atoms with Gasteiger partial charge in [0.2, 0.25) is 0 Å². The third-order valence-electron chi connectivity index (χ3n) is 8.64. The van der Waals surface area contributed by atoms with Gasteiger partial charge >= 0.3 is 0 Å². The highest BCUT2D eigenvalue weighted by atomic mass is 31.1. The van der Waals surface area contributed by atoms with Crippen molar-refractivity contribution in [2.45, 2.75) is 12.1 Å². The van der Waals surface area contributed by atoms with E-state index in [-0.39, 0.29) is 0 Å². The van der Waals surface area contributed by atoms with Crippen molar-refractivity contribution in [1.29, 1.82) is 0 Å². The molecule has 2 atom stereocenters. The number of hydrogen-bond donors (Lipinski definition) is 0. The molecule has 1 aliphatic rings. The molecular weight excluding hydrogens is 580 g/mol. The quantitative estimate of drug-likeness (QED) is 0.158. The van der Waals surface area contributed by atoms with Crippen LogP contribution in [0.1, 0.15) is 6.42 Å². The van der Waals surface area contributed by atoms with E-state index in [4.69, 9.17) is 0 Å². The number of nitrogens with zero attached hydrogens (tertiary/aromatic N) is 1. The van der Waals surface area contributed by atoms with Gasteiger partial charge in [-0.1, -0.05) is 152 Å². The molecule has 0 aliphatic heterocycles. The lowest BCUT2D eigenvalue weighted by Gasteiger charge is -2.31. The number of benzene rings is 6. The van der Waals surface area contributed by atoms with Gasteiger partial charge in [0, 0.05) is 22.1 Å². The van der Waals surface area contributed by atoms with E-state index in [1.54, 1.807) is 0 Å². The van der Waals surface area contributed by atoms with E-state index in [0.717, 1.165) is 6.42 Å². The molecule has 1 aliphatic carbocycles. The van der Waals surface area contributed by atoms with E-state index in [9.17, 15) is 0 Å². The van der Waals surface area contributed by atoms with Crippen molar-refractivity contribution in [3.05, 3.63) is 182 Å². The first kappa shape index (κ1) is 28.0. The Morgan fingerprint density at radius 2 is 1.07 bits per heavy atom. The van der Waals surface area contributed by atoms with Crippen molar-refractivity contribution in [3.8, 4) is 5.69 Å². The second kappa shape index (κ2) is 12.5. The van der Waals surface area contributed by atoms with Crippen LogP contribution in [0.3, 0.4) is 0 Å². The van der Waals surface area contributed by atoms with Crippen LogP contribution in [0, 0.1) is 0 Å². The number of rotatable bonds is 7. The third kappa shape index (κ3) is 5.27. The van der Waals surface area contributed by atoms with Crippen molar-refractivity contribution in [3.63, 3.8) is 0 Å².